The predicted molar refractivity (Wildman–Crippen MR) is 276 cm³/mol. The highest BCUT2D eigenvalue weighted by atomic mass is 32.1. The molecule has 5 aromatic carbocycles. The molecule has 9 heteroatoms. The molecule has 0 aliphatic rings. The van der Waals surface area contributed by atoms with E-state index in [2.05, 4.69) is 170 Å². The third-order valence-electron chi connectivity index (χ3n) is 11.5. The SMILES string of the molecule is CCCCCCc1ccc(-c2ccc(/C=C/c3ccc(N(c4ccccc4)c4ccc(/C=C/c5ccc(-c6ccc(CCCCCC)s6)c6nsnc56)cc4)cc3)c3nsnc23)s1. The van der Waals surface area contributed by atoms with Crippen molar-refractivity contribution in [1.29, 1.82) is 0 Å². The Hall–Kier alpha value is -5.58. The summed E-state index contributed by atoms with van der Waals surface area (Å²) in [6.45, 7) is 4.53. The molecule has 0 atom stereocenters. The number of hydrogen-bond acceptors (Lipinski definition) is 9. The van der Waals surface area contributed by atoms with Gasteiger partial charge in [-0.15, -0.1) is 22.7 Å². The minimum Gasteiger partial charge on any atom is -0.311 e. The Labute approximate surface area is 387 Å². The zero-order valence-electron chi connectivity index (χ0n) is 35.9. The molecule has 316 valence electrons. The van der Waals surface area contributed by atoms with Crippen molar-refractivity contribution in [3.63, 3.8) is 0 Å². The van der Waals surface area contributed by atoms with Crippen molar-refractivity contribution in [3.05, 3.63) is 159 Å². The van der Waals surface area contributed by atoms with Gasteiger partial charge in [-0.25, -0.2) is 0 Å². The summed E-state index contributed by atoms with van der Waals surface area (Å²) >= 11 is 6.36. The number of aromatic nitrogens is 4. The minimum atomic E-state index is 0.957. The van der Waals surface area contributed by atoms with Crippen LogP contribution in [0, 0.1) is 0 Å². The summed E-state index contributed by atoms with van der Waals surface area (Å²) in [5.41, 5.74) is 13.9. The predicted octanol–water partition coefficient (Wildman–Crippen LogP) is 17.2. The zero-order valence-corrected chi connectivity index (χ0v) is 39.1. The molecular formula is C54H51N5S4. The Balaban J connectivity index is 0.896. The van der Waals surface area contributed by atoms with E-state index in [-0.39, 0.29) is 0 Å². The van der Waals surface area contributed by atoms with Crippen LogP contribution in [0.1, 0.15) is 97.2 Å². The molecule has 63 heavy (non-hydrogen) atoms. The van der Waals surface area contributed by atoms with Gasteiger partial charge in [0, 0.05) is 58.8 Å². The Morgan fingerprint density at radius 3 is 1.32 bits per heavy atom. The van der Waals surface area contributed by atoms with Crippen molar-refractivity contribution in [2.24, 2.45) is 0 Å². The van der Waals surface area contributed by atoms with E-state index >= 15 is 0 Å². The van der Waals surface area contributed by atoms with Crippen LogP contribution in [0.3, 0.4) is 0 Å². The van der Waals surface area contributed by atoms with E-state index in [4.69, 9.17) is 17.5 Å². The molecule has 0 N–H and O–H groups in total. The lowest BCUT2D eigenvalue weighted by Crippen LogP contribution is -2.09. The van der Waals surface area contributed by atoms with Gasteiger partial charge in [-0.3, -0.25) is 0 Å². The first-order chi connectivity index (χ1) is 31.1. The van der Waals surface area contributed by atoms with Gasteiger partial charge in [-0.1, -0.05) is 143 Å². The third-order valence-corrected chi connectivity index (χ3v) is 14.9. The Morgan fingerprint density at radius 2 is 0.857 bits per heavy atom. The van der Waals surface area contributed by atoms with E-state index in [1.165, 1.54) is 105 Å². The maximum Gasteiger partial charge on any atom is 0.114 e. The van der Waals surface area contributed by atoms with Gasteiger partial charge in [0.15, 0.2) is 0 Å². The standard InChI is InChI=1S/C54H51N5S4/c1-3-5-7-12-16-45-32-36-49(60-45)47-34-26-40(51-53(47)57-62-55-51)24-18-38-20-28-43(29-21-38)59(42-14-10-9-11-15-42)44-30-22-39(23-31-44)19-25-41-27-35-48(54-52(41)56-63-58-54)50-37-33-46(61-50)17-13-8-6-4-2/h9-11,14-15,18-37H,3-8,12-13,16-17H2,1-2H3/b24-18+,25-19+. The quantitative estimate of drug-likeness (QED) is 0.0598. The molecule has 5 nitrogen and oxygen atoms in total. The van der Waals surface area contributed by atoms with Gasteiger partial charge in [0.05, 0.1) is 23.5 Å². The average molecular weight is 898 g/mol. The average Bonchev–Trinajstić information content (AvgIpc) is 4.18. The summed E-state index contributed by atoms with van der Waals surface area (Å²) in [7, 11) is 0. The second-order valence-corrected chi connectivity index (χ2v) is 19.4. The summed E-state index contributed by atoms with van der Waals surface area (Å²) < 4.78 is 19.0. The Morgan fingerprint density at radius 1 is 0.413 bits per heavy atom. The molecule has 0 aliphatic heterocycles. The van der Waals surface area contributed by atoms with Gasteiger partial charge < -0.3 is 4.90 Å². The number of hydrogen-bond donors (Lipinski definition) is 0. The molecule has 0 amide bonds. The second kappa shape index (κ2) is 20.7. The number of thiophene rings is 2. The fraction of sp³-hybridized carbons (Fsp3) is 0.222. The van der Waals surface area contributed by atoms with Crippen molar-refractivity contribution in [3.8, 4) is 20.9 Å². The highest BCUT2D eigenvalue weighted by molar-refractivity contribution is 7.16. The van der Waals surface area contributed by atoms with Gasteiger partial charge in [-0.05, 0) is 97.5 Å². The van der Waals surface area contributed by atoms with E-state index in [1.54, 1.807) is 0 Å². The van der Waals surface area contributed by atoms with Crippen LogP contribution in [-0.4, -0.2) is 17.5 Å². The van der Waals surface area contributed by atoms with E-state index in [0.717, 1.165) is 74.2 Å². The first kappa shape index (κ1) is 42.7. The third kappa shape index (κ3) is 10.1. The number of aryl methyl sites for hydroxylation is 2. The van der Waals surface area contributed by atoms with Crippen LogP contribution in [0.4, 0.5) is 17.1 Å². The van der Waals surface area contributed by atoms with E-state index in [0.29, 0.717) is 0 Å². The maximum absolute atomic E-state index is 4.75. The Bertz CT molecular complexity index is 2750. The minimum absolute atomic E-state index is 0.957. The maximum atomic E-state index is 4.75. The highest BCUT2D eigenvalue weighted by Gasteiger charge is 2.16. The summed E-state index contributed by atoms with van der Waals surface area (Å²) in [6.07, 6.45) is 21.2. The fourth-order valence-corrected chi connectivity index (χ4v) is 11.4. The number of para-hydroxylation sites is 1. The van der Waals surface area contributed by atoms with Crippen LogP contribution in [0.2, 0.25) is 0 Å². The largest absolute Gasteiger partial charge is 0.311 e. The van der Waals surface area contributed by atoms with Crippen molar-refractivity contribution in [1.82, 2.24) is 17.5 Å². The number of unbranched alkanes of at least 4 members (excludes halogenated alkanes) is 6. The lowest BCUT2D eigenvalue weighted by Gasteiger charge is -2.25. The van der Waals surface area contributed by atoms with Crippen LogP contribution in [0.25, 0.3) is 67.3 Å². The lowest BCUT2D eigenvalue weighted by atomic mass is 10.0. The van der Waals surface area contributed by atoms with Crippen LogP contribution >= 0.6 is 46.1 Å². The number of rotatable bonds is 19. The van der Waals surface area contributed by atoms with Crippen molar-refractivity contribution in [2.45, 2.75) is 78.1 Å². The highest BCUT2D eigenvalue weighted by Crippen LogP contribution is 2.38. The summed E-state index contributed by atoms with van der Waals surface area (Å²) in [5.74, 6) is 0. The van der Waals surface area contributed by atoms with Gasteiger partial charge in [0.2, 0.25) is 0 Å². The smallest absolute Gasteiger partial charge is 0.114 e. The number of anilines is 3. The lowest BCUT2D eigenvalue weighted by molar-refractivity contribution is 0.670. The molecule has 4 aromatic heterocycles. The van der Waals surface area contributed by atoms with Crippen LogP contribution in [-0.2, 0) is 12.8 Å². The molecule has 0 saturated carbocycles. The second-order valence-electron chi connectivity index (χ2n) is 16.0. The normalized spacial score (nSPS) is 11.8. The summed E-state index contributed by atoms with van der Waals surface area (Å²) in [6, 6.07) is 46.0. The first-order valence-electron chi connectivity index (χ1n) is 22.3. The molecule has 4 heterocycles. The molecule has 0 saturated heterocycles. The summed E-state index contributed by atoms with van der Waals surface area (Å²) in [5, 5.41) is 0. The van der Waals surface area contributed by atoms with Crippen molar-refractivity contribution < 1.29 is 0 Å². The van der Waals surface area contributed by atoms with Crippen molar-refractivity contribution >= 4 is 110 Å². The number of benzene rings is 5. The molecule has 9 rings (SSSR count). The van der Waals surface area contributed by atoms with E-state index in [9.17, 15) is 0 Å². The van der Waals surface area contributed by atoms with Gasteiger partial charge in [-0.2, -0.15) is 17.5 Å². The van der Waals surface area contributed by atoms with Crippen LogP contribution < -0.4 is 4.90 Å². The molecule has 0 fully saturated rings. The molecule has 0 spiro atoms. The van der Waals surface area contributed by atoms with E-state index < -0.39 is 0 Å². The van der Waals surface area contributed by atoms with Crippen LogP contribution in [0.5, 0.6) is 0 Å². The Kier molecular flexibility index (Phi) is 14.1. The fourth-order valence-electron chi connectivity index (χ4n) is 8.07. The molecule has 9 aromatic rings. The molecule has 0 aliphatic carbocycles. The molecular weight excluding hydrogens is 847 g/mol. The molecule has 0 unspecified atom stereocenters. The number of fused-ring (bicyclic) bond motifs is 2. The van der Waals surface area contributed by atoms with E-state index in [1.807, 2.05) is 22.7 Å². The van der Waals surface area contributed by atoms with Gasteiger partial charge in [0.1, 0.15) is 22.1 Å². The first-order valence-corrected chi connectivity index (χ1v) is 25.3. The monoisotopic (exact) mass is 897 g/mol. The molecule has 0 bridgehead atoms. The zero-order chi connectivity index (χ0) is 42.8. The topological polar surface area (TPSA) is 54.8 Å². The van der Waals surface area contributed by atoms with Crippen LogP contribution in [0.15, 0.2) is 127 Å². The van der Waals surface area contributed by atoms with Crippen molar-refractivity contribution in [2.75, 3.05) is 4.90 Å². The molecule has 0 radical (unpaired) electrons. The summed E-state index contributed by atoms with van der Waals surface area (Å²) in [4.78, 5) is 7.74. The van der Waals surface area contributed by atoms with Gasteiger partial charge >= 0.3 is 0 Å². The number of nitrogens with zero attached hydrogens (tertiary/aromatic N) is 5. The van der Waals surface area contributed by atoms with Gasteiger partial charge in [0.25, 0.3) is 0 Å².